The zero-order valence-electron chi connectivity index (χ0n) is 7.09. The third-order valence-corrected chi connectivity index (χ3v) is 1.29. The molecule has 0 aromatic heterocycles. The maximum atomic E-state index is 8.98. The minimum absolute atomic E-state index is 0.170. The van der Waals surface area contributed by atoms with Crippen LogP contribution >= 0.6 is 0 Å². The Kier molecular flexibility index (Phi) is 8.14. The minimum Gasteiger partial charge on any atom is -0.389 e. The van der Waals surface area contributed by atoms with Crippen molar-refractivity contribution >= 4 is 0 Å². The molecule has 5 N–H and O–H groups in total. The van der Waals surface area contributed by atoms with Crippen molar-refractivity contribution in [1.82, 2.24) is 5.32 Å². The molecule has 0 heterocycles. The number of aliphatic hydroxyl groups excluding tert-OH is 2. The van der Waals surface area contributed by atoms with Crippen molar-refractivity contribution in [1.29, 1.82) is 0 Å². The van der Waals surface area contributed by atoms with Crippen LogP contribution in [0.1, 0.15) is 0 Å². The number of aliphatic hydroxyl groups is 2. The van der Waals surface area contributed by atoms with E-state index in [4.69, 9.17) is 20.7 Å². The van der Waals surface area contributed by atoms with Gasteiger partial charge in [0.1, 0.15) is 13.2 Å². The lowest BCUT2D eigenvalue weighted by molar-refractivity contribution is -0.257. The summed E-state index contributed by atoms with van der Waals surface area (Å²) in [5.74, 6) is 0. The Morgan fingerprint density at radius 2 is 1.31 bits per heavy atom. The molecule has 0 aliphatic heterocycles. The highest BCUT2D eigenvalue weighted by atomic mass is 17.1. The minimum atomic E-state index is -0.841. The van der Waals surface area contributed by atoms with Crippen LogP contribution in [0.15, 0.2) is 0 Å². The van der Waals surface area contributed by atoms with Crippen LogP contribution < -0.4 is 5.32 Å². The SMILES string of the molecule is OOCC(O)CNCC(O)COO. The summed E-state index contributed by atoms with van der Waals surface area (Å²) in [6, 6.07) is 0. The average molecular weight is 197 g/mol. The van der Waals surface area contributed by atoms with E-state index in [9.17, 15) is 0 Å². The Hall–Kier alpha value is -0.280. The van der Waals surface area contributed by atoms with Crippen molar-refractivity contribution in [2.24, 2.45) is 0 Å². The fraction of sp³-hybridized carbons (Fsp3) is 1.00. The third kappa shape index (κ3) is 8.06. The predicted octanol–water partition coefficient (Wildman–Crippen LogP) is -1.72. The summed E-state index contributed by atoms with van der Waals surface area (Å²) in [4.78, 5) is 7.38. The van der Waals surface area contributed by atoms with E-state index in [0.29, 0.717) is 0 Å². The van der Waals surface area contributed by atoms with Crippen molar-refractivity contribution in [3.05, 3.63) is 0 Å². The van der Waals surface area contributed by atoms with Crippen LogP contribution in [-0.4, -0.2) is 59.2 Å². The molecule has 80 valence electrons. The molecule has 13 heavy (non-hydrogen) atoms. The largest absolute Gasteiger partial charge is 0.389 e. The van der Waals surface area contributed by atoms with Gasteiger partial charge in [0.2, 0.25) is 0 Å². The van der Waals surface area contributed by atoms with E-state index >= 15 is 0 Å². The Balaban J connectivity index is 3.23. The molecule has 2 unspecified atom stereocenters. The average Bonchev–Trinajstić information content (AvgIpc) is 2.05. The molecule has 0 amide bonds. The quantitative estimate of drug-likeness (QED) is 0.232. The summed E-state index contributed by atoms with van der Waals surface area (Å²) < 4.78 is 0. The van der Waals surface area contributed by atoms with Gasteiger partial charge >= 0.3 is 0 Å². The molecule has 0 saturated heterocycles. The predicted molar refractivity (Wildman–Crippen MR) is 42.0 cm³/mol. The number of rotatable bonds is 8. The second-order valence-corrected chi connectivity index (χ2v) is 2.56. The number of hydrogen-bond donors (Lipinski definition) is 5. The highest BCUT2D eigenvalue weighted by Gasteiger charge is 2.06. The summed E-state index contributed by atoms with van der Waals surface area (Å²) in [6.45, 7) is -0.0503. The van der Waals surface area contributed by atoms with Crippen molar-refractivity contribution in [3.8, 4) is 0 Å². The van der Waals surface area contributed by atoms with Crippen molar-refractivity contribution < 1.29 is 30.5 Å². The topological polar surface area (TPSA) is 111 Å². The molecular formula is C6H15NO6. The van der Waals surface area contributed by atoms with Gasteiger partial charge in [0, 0.05) is 13.1 Å². The van der Waals surface area contributed by atoms with Crippen LogP contribution in [0.25, 0.3) is 0 Å². The van der Waals surface area contributed by atoms with E-state index in [1.807, 2.05) is 0 Å². The van der Waals surface area contributed by atoms with Crippen LogP contribution in [0.5, 0.6) is 0 Å². The van der Waals surface area contributed by atoms with Gasteiger partial charge in [0.05, 0.1) is 12.2 Å². The van der Waals surface area contributed by atoms with E-state index in [2.05, 4.69) is 15.1 Å². The molecule has 0 aliphatic carbocycles. The molecule has 0 fully saturated rings. The van der Waals surface area contributed by atoms with Gasteiger partial charge in [-0.3, -0.25) is 10.5 Å². The van der Waals surface area contributed by atoms with Crippen molar-refractivity contribution in [2.75, 3.05) is 26.3 Å². The van der Waals surface area contributed by atoms with Gasteiger partial charge in [0.25, 0.3) is 0 Å². The Bertz CT molecular complexity index is 101. The van der Waals surface area contributed by atoms with Gasteiger partial charge in [-0.15, -0.1) is 0 Å². The molecule has 0 bridgehead atoms. The lowest BCUT2D eigenvalue weighted by atomic mass is 10.3. The van der Waals surface area contributed by atoms with Crippen molar-refractivity contribution in [2.45, 2.75) is 12.2 Å². The molecule has 7 heteroatoms. The molecule has 0 radical (unpaired) electrons. The third-order valence-electron chi connectivity index (χ3n) is 1.29. The van der Waals surface area contributed by atoms with Gasteiger partial charge in [-0.1, -0.05) is 0 Å². The Labute approximate surface area is 75.4 Å². The van der Waals surface area contributed by atoms with Crippen LogP contribution in [0, 0.1) is 0 Å². The molecule has 0 rings (SSSR count). The molecule has 0 aromatic carbocycles. The maximum Gasteiger partial charge on any atom is 0.109 e. The van der Waals surface area contributed by atoms with Crippen LogP contribution in [0.4, 0.5) is 0 Å². The highest BCUT2D eigenvalue weighted by Crippen LogP contribution is 1.83. The Morgan fingerprint density at radius 1 is 0.923 bits per heavy atom. The van der Waals surface area contributed by atoms with Crippen molar-refractivity contribution in [3.63, 3.8) is 0 Å². The molecule has 0 spiro atoms. The molecule has 7 nitrogen and oxygen atoms in total. The second kappa shape index (κ2) is 8.32. The fourth-order valence-corrected chi connectivity index (χ4v) is 0.706. The van der Waals surface area contributed by atoms with Gasteiger partial charge < -0.3 is 15.5 Å². The first-order chi connectivity index (χ1) is 6.20. The maximum absolute atomic E-state index is 8.98. The second-order valence-electron chi connectivity index (χ2n) is 2.56. The lowest BCUT2D eigenvalue weighted by Gasteiger charge is -2.12. The zero-order valence-corrected chi connectivity index (χ0v) is 7.09. The van der Waals surface area contributed by atoms with E-state index in [1.54, 1.807) is 0 Å². The van der Waals surface area contributed by atoms with Crippen LogP contribution in [-0.2, 0) is 9.78 Å². The first kappa shape index (κ1) is 12.7. The van der Waals surface area contributed by atoms with Gasteiger partial charge in [-0.05, 0) is 0 Å². The van der Waals surface area contributed by atoms with Crippen LogP contribution in [0.2, 0.25) is 0 Å². The van der Waals surface area contributed by atoms with Gasteiger partial charge in [-0.2, -0.15) is 0 Å². The lowest BCUT2D eigenvalue weighted by Crippen LogP contribution is -2.36. The highest BCUT2D eigenvalue weighted by molar-refractivity contribution is 4.61. The summed E-state index contributed by atoms with van der Waals surface area (Å²) in [5.41, 5.74) is 0. The normalized spacial score (nSPS) is 15.7. The first-order valence-electron chi connectivity index (χ1n) is 3.80. The summed E-state index contributed by atoms with van der Waals surface area (Å²) in [6.07, 6.45) is -1.68. The first-order valence-corrected chi connectivity index (χ1v) is 3.80. The van der Waals surface area contributed by atoms with E-state index in [1.165, 1.54) is 0 Å². The van der Waals surface area contributed by atoms with Gasteiger partial charge in [0.15, 0.2) is 0 Å². The van der Waals surface area contributed by atoms with E-state index < -0.39 is 12.2 Å². The van der Waals surface area contributed by atoms with Crippen LogP contribution in [0.3, 0.4) is 0 Å². The van der Waals surface area contributed by atoms with Gasteiger partial charge in [-0.25, -0.2) is 9.78 Å². The standard InChI is InChI=1S/C6H15NO6/c8-5(3-12-10)1-7-2-6(9)4-13-11/h5-11H,1-4H2. The number of nitrogens with one attached hydrogen (secondary N) is 1. The fourth-order valence-electron chi connectivity index (χ4n) is 0.706. The zero-order chi connectivity index (χ0) is 10.1. The molecule has 0 saturated carbocycles. The molecular weight excluding hydrogens is 182 g/mol. The monoisotopic (exact) mass is 197 g/mol. The molecule has 0 aromatic rings. The molecule has 2 atom stereocenters. The Morgan fingerprint density at radius 3 is 1.62 bits per heavy atom. The molecule has 0 aliphatic rings. The smallest absolute Gasteiger partial charge is 0.109 e. The summed E-state index contributed by atoms with van der Waals surface area (Å²) >= 11 is 0. The number of hydrogen-bond acceptors (Lipinski definition) is 7. The van der Waals surface area contributed by atoms with E-state index in [-0.39, 0.29) is 26.3 Å². The van der Waals surface area contributed by atoms with E-state index in [0.717, 1.165) is 0 Å². The summed E-state index contributed by atoms with van der Waals surface area (Å²) in [5, 5.41) is 36.5. The summed E-state index contributed by atoms with van der Waals surface area (Å²) in [7, 11) is 0.